The van der Waals surface area contributed by atoms with Gasteiger partial charge < -0.3 is 16.0 Å². The number of nitrogens with two attached hydrogens (primary N) is 1. The van der Waals surface area contributed by atoms with Crippen molar-refractivity contribution in [1.82, 2.24) is 10.2 Å². The number of primary amides is 1. The lowest BCUT2D eigenvalue weighted by atomic mass is 9.84. The fraction of sp³-hybridized carbons (Fsp3) is 0.933. The lowest BCUT2D eigenvalue weighted by Crippen LogP contribution is -2.56. The molecule has 0 aromatic heterocycles. The van der Waals surface area contributed by atoms with E-state index in [2.05, 4.69) is 17.1 Å². The van der Waals surface area contributed by atoms with E-state index in [1.807, 2.05) is 7.05 Å². The molecule has 4 nitrogen and oxygen atoms in total. The van der Waals surface area contributed by atoms with Crippen molar-refractivity contribution >= 4 is 5.91 Å². The number of rotatable bonds is 6. The summed E-state index contributed by atoms with van der Waals surface area (Å²) in [6.45, 7) is 5.88. The fourth-order valence-electron chi connectivity index (χ4n) is 4.03. The van der Waals surface area contributed by atoms with Gasteiger partial charge in [0.2, 0.25) is 5.91 Å². The number of hydrogen-bond acceptors (Lipinski definition) is 3. The first kappa shape index (κ1) is 14.8. The highest BCUT2D eigenvalue weighted by molar-refractivity contribution is 5.85. The molecule has 2 aliphatic rings. The number of carbonyl (C=O) groups is 1. The molecule has 4 heteroatoms. The van der Waals surface area contributed by atoms with Crippen LogP contribution in [-0.2, 0) is 4.79 Å². The minimum Gasteiger partial charge on any atom is -0.368 e. The zero-order chi connectivity index (χ0) is 13.9. The van der Waals surface area contributed by atoms with Gasteiger partial charge in [-0.3, -0.25) is 4.79 Å². The molecule has 0 aromatic rings. The number of amides is 1. The standard InChI is InChI=1S/C15H29N3O/c1-3-12-6-9-18(11-12)10-7-13-5-4-8-15(13,17-2)14(16)19/h12-13,17H,3-11H2,1-2H3,(H2,16,19). The lowest BCUT2D eigenvalue weighted by molar-refractivity contribution is -0.125. The molecule has 1 aliphatic carbocycles. The van der Waals surface area contributed by atoms with Crippen LogP contribution in [0.1, 0.15) is 45.4 Å². The van der Waals surface area contributed by atoms with E-state index < -0.39 is 5.54 Å². The van der Waals surface area contributed by atoms with Gasteiger partial charge in [-0.05, 0) is 57.7 Å². The molecule has 1 aliphatic heterocycles. The molecule has 3 unspecified atom stereocenters. The third kappa shape index (κ3) is 2.95. The molecule has 1 saturated heterocycles. The fourth-order valence-corrected chi connectivity index (χ4v) is 4.03. The smallest absolute Gasteiger partial charge is 0.238 e. The summed E-state index contributed by atoms with van der Waals surface area (Å²) in [7, 11) is 1.88. The van der Waals surface area contributed by atoms with Crippen molar-refractivity contribution in [2.45, 2.75) is 51.0 Å². The maximum absolute atomic E-state index is 11.8. The van der Waals surface area contributed by atoms with Crippen LogP contribution in [0.2, 0.25) is 0 Å². The van der Waals surface area contributed by atoms with Crippen molar-refractivity contribution in [2.24, 2.45) is 17.6 Å². The van der Waals surface area contributed by atoms with Crippen LogP contribution in [0.15, 0.2) is 0 Å². The van der Waals surface area contributed by atoms with Gasteiger partial charge in [-0.25, -0.2) is 0 Å². The van der Waals surface area contributed by atoms with E-state index in [-0.39, 0.29) is 5.91 Å². The van der Waals surface area contributed by atoms with Gasteiger partial charge in [-0.15, -0.1) is 0 Å². The van der Waals surface area contributed by atoms with Gasteiger partial charge in [-0.2, -0.15) is 0 Å². The van der Waals surface area contributed by atoms with Crippen molar-refractivity contribution in [3.05, 3.63) is 0 Å². The van der Waals surface area contributed by atoms with Crippen molar-refractivity contribution in [2.75, 3.05) is 26.7 Å². The van der Waals surface area contributed by atoms with Gasteiger partial charge in [0.15, 0.2) is 0 Å². The number of likely N-dealkylation sites (tertiary alicyclic amines) is 1. The van der Waals surface area contributed by atoms with Crippen molar-refractivity contribution in [3.63, 3.8) is 0 Å². The summed E-state index contributed by atoms with van der Waals surface area (Å²) in [6, 6.07) is 0. The van der Waals surface area contributed by atoms with Crippen LogP contribution in [0.5, 0.6) is 0 Å². The number of hydrogen-bond donors (Lipinski definition) is 2. The lowest BCUT2D eigenvalue weighted by Gasteiger charge is -2.33. The Morgan fingerprint density at radius 3 is 2.84 bits per heavy atom. The van der Waals surface area contributed by atoms with Crippen molar-refractivity contribution < 1.29 is 4.79 Å². The van der Waals surface area contributed by atoms with Gasteiger partial charge in [0.05, 0.1) is 0 Å². The van der Waals surface area contributed by atoms with Gasteiger partial charge >= 0.3 is 0 Å². The predicted octanol–water partition coefficient (Wildman–Crippen LogP) is 1.35. The molecule has 3 N–H and O–H groups in total. The molecule has 19 heavy (non-hydrogen) atoms. The van der Waals surface area contributed by atoms with E-state index in [9.17, 15) is 4.79 Å². The van der Waals surface area contributed by atoms with Gasteiger partial charge in [0.1, 0.15) is 5.54 Å². The quantitative estimate of drug-likeness (QED) is 0.764. The first-order chi connectivity index (χ1) is 9.12. The zero-order valence-corrected chi connectivity index (χ0v) is 12.5. The second kappa shape index (κ2) is 6.23. The predicted molar refractivity (Wildman–Crippen MR) is 77.8 cm³/mol. The Labute approximate surface area is 117 Å². The number of nitrogens with one attached hydrogen (secondary N) is 1. The van der Waals surface area contributed by atoms with Crippen molar-refractivity contribution in [1.29, 1.82) is 0 Å². The molecule has 1 saturated carbocycles. The van der Waals surface area contributed by atoms with Crippen LogP contribution in [0.3, 0.4) is 0 Å². The first-order valence-electron chi connectivity index (χ1n) is 7.83. The molecule has 2 rings (SSSR count). The Balaban J connectivity index is 1.87. The topological polar surface area (TPSA) is 58.4 Å². The summed E-state index contributed by atoms with van der Waals surface area (Å²) in [4.78, 5) is 14.4. The molecule has 3 atom stereocenters. The first-order valence-corrected chi connectivity index (χ1v) is 7.83. The highest BCUT2D eigenvalue weighted by atomic mass is 16.1. The third-order valence-electron chi connectivity index (χ3n) is 5.45. The molecule has 110 valence electrons. The van der Waals surface area contributed by atoms with E-state index in [1.165, 1.54) is 25.9 Å². The molecule has 0 aromatic carbocycles. The van der Waals surface area contributed by atoms with E-state index >= 15 is 0 Å². The largest absolute Gasteiger partial charge is 0.368 e. The second-order valence-electron chi connectivity index (χ2n) is 6.33. The molecule has 0 spiro atoms. The minimum absolute atomic E-state index is 0.162. The van der Waals surface area contributed by atoms with Gasteiger partial charge in [0, 0.05) is 6.54 Å². The average Bonchev–Trinajstić information content (AvgIpc) is 3.03. The van der Waals surface area contributed by atoms with Crippen LogP contribution in [0.4, 0.5) is 0 Å². The normalized spacial score (nSPS) is 35.9. The highest BCUT2D eigenvalue weighted by Gasteiger charge is 2.46. The number of likely N-dealkylation sites (N-methyl/N-ethyl adjacent to an activating group) is 1. The summed E-state index contributed by atoms with van der Waals surface area (Å²) in [5, 5.41) is 3.23. The SMILES string of the molecule is CCC1CCN(CCC2CCCC2(NC)C(N)=O)C1. The minimum atomic E-state index is -0.441. The Hall–Kier alpha value is -0.610. The highest BCUT2D eigenvalue weighted by Crippen LogP contribution is 2.38. The molecule has 0 bridgehead atoms. The van der Waals surface area contributed by atoms with Gasteiger partial charge in [-0.1, -0.05) is 19.8 Å². The van der Waals surface area contributed by atoms with E-state index in [1.54, 1.807) is 0 Å². The van der Waals surface area contributed by atoms with Crippen LogP contribution in [0, 0.1) is 11.8 Å². The Bertz CT molecular complexity index is 321. The Morgan fingerprint density at radius 1 is 1.47 bits per heavy atom. The summed E-state index contributed by atoms with van der Waals surface area (Å²) in [6.07, 6.45) is 6.89. The molecular weight excluding hydrogens is 238 g/mol. The zero-order valence-electron chi connectivity index (χ0n) is 12.5. The maximum Gasteiger partial charge on any atom is 0.238 e. The number of nitrogens with zero attached hydrogens (tertiary/aromatic N) is 1. The third-order valence-corrected chi connectivity index (χ3v) is 5.45. The second-order valence-corrected chi connectivity index (χ2v) is 6.33. The van der Waals surface area contributed by atoms with Crippen molar-refractivity contribution in [3.8, 4) is 0 Å². The van der Waals surface area contributed by atoms with Crippen LogP contribution < -0.4 is 11.1 Å². The number of carbonyl (C=O) groups excluding carboxylic acids is 1. The van der Waals surface area contributed by atoms with E-state index in [0.717, 1.165) is 38.1 Å². The average molecular weight is 267 g/mol. The molecular formula is C15H29N3O. The Morgan fingerprint density at radius 2 is 2.26 bits per heavy atom. The summed E-state index contributed by atoms with van der Waals surface area (Å²) < 4.78 is 0. The van der Waals surface area contributed by atoms with Crippen LogP contribution >= 0.6 is 0 Å². The van der Waals surface area contributed by atoms with E-state index in [0.29, 0.717) is 5.92 Å². The molecule has 2 fully saturated rings. The summed E-state index contributed by atoms with van der Waals surface area (Å²) in [5.74, 6) is 1.13. The van der Waals surface area contributed by atoms with Crippen LogP contribution in [0.25, 0.3) is 0 Å². The van der Waals surface area contributed by atoms with Gasteiger partial charge in [0.25, 0.3) is 0 Å². The molecule has 1 amide bonds. The maximum atomic E-state index is 11.8. The Kier molecular flexibility index (Phi) is 4.85. The monoisotopic (exact) mass is 267 g/mol. The molecule has 1 heterocycles. The summed E-state index contributed by atoms with van der Waals surface area (Å²) in [5.41, 5.74) is 5.21. The van der Waals surface area contributed by atoms with Crippen LogP contribution in [-0.4, -0.2) is 43.0 Å². The summed E-state index contributed by atoms with van der Waals surface area (Å²) >= 11 is 0. The van der Waals surface area contributed by atoms with E-state index in [4.69, 9.17) is 5.73 Å². The molecule has 0 radical (unpaired) electrons.